The molecule has 0 radical (unpaired) electrons. The highest BCUT2D eigenvalue weighted by Gasteiger charge is 2.29. The zero-order chi connectivity index (χ0) is 19.1. The van der Waals surface area contributed by atoms with E-state index in [9.17, 15) is 0 Å². The van der Waals surface area contributed by atoms with Crippen LogP contribution in [0.1, 0.15) is 43.9 Å². The first-order valence-corrected chi connectivity index (χ1v) is 9.93. The second kappa shape index (κ2) is 9.93. The Morgan fingerprint density at radius 2 is 2.19 bits per heavy atom. The Hall–Kier alpha value is -1.82. The number of nitrogens with zero attached hydrogens (tertiary/aromatic N) is 1. The predicted octanol–water partition coefficient (Wildman–Crippen LogP) is 4.54. The molecule has 1 saturated heterocycles. The molecule has 2 heterocycles. The molecule has 0 bridgehead atoms. The van der Waals surface area contributed by atoms with E-state index in [0.717, 1.165) is 30.6 Å². The van der Waals surface area contributed by atoms with Crippen molar-refractivity contribution < 1.29 is 14.2 Å². The van der Waals surface area contributed by atoms with Gasteiger partial charge in [-0.3, -0.25) is 4.98 Å². The molecule has 6 heteroatoms. The fraction of sp³-hybridized carbons (Fsp3) is 0.476. The van der Waals surface area contributed by atoms with Crippen molar-refractivity contribution in [2.24, 2.45) is 0 Å². The Balaban J connectivity index is 1.70. The van der Waals surface area contributed by atoms with Crippen LogP contribution in [0.25, 0.3) is 0 Å². The van der Waals surface area contributed by atoms with Crippen molar-refractivity contribution in [3.63, 3.8) is 0 Å². The van der Waals surface area contributed by atoms with E-state index in [4.69, 9.17) is 25.8 Å². The number of pyridine rings is 1. The highest BCUT2D eigenvalue weighted by atomic mass is 35.5. The molecule has 27 heavy (non-hydrogen) atoms. The number of rotatable bonds is 9. The van der Waals surface area contributed by atoms with Gasteiger partial charge in [0, 0.05) is 37.2 Å². The molecule has 0 aliphatic carbocycles. The van der Waals surface area contributed by atoms with Crippen LogP contribution in [0, 0.1) is 0 Å². The molecule has 1 fully saturated rings. The largest absolute Gasteiger partial charge is 0.490 e. The van der Waals surface area contributed by atoms with Gasteiger partial charge in [-0.25, -0.2) is 0 Å². The molecule has 0 spiro atoms. The first-order valence-electron chi connectivity index (χ1n) is 9.55. The quantitative estimate of drug-likeness (QED) is 0.681. The molecule has 146 valence electrons. The SMILES string of the molecule is CCCOc1c(Cl)cc(CN[C@H]2CCO[C@@H]2c2cccnc2)cc1OCC. The second-order valence-corrected chi connectivity index (χ2v) is 6.95. The molecule has 0 unspecified atom stereocenters. The Kier molecular flexibility index (Phi) is 7.33. The fourth-order valence-electron chi connectivity index (χ4n) is 3.25. The van der Waals surface area contributed by atoms with Crippen LogP contribution in [0.15, 0.2) is 36.7 Å². The summed E-state index contributed by atoms with van der Waals surface area (Å²) in [4.78, 5) is 4.20. The van der Waals surface area contributed by atoms with Crippen molar-refractivity contribution in [3.05, 3.63) is 52.8 Å². The third kappa shape index (κ3) is 5.12. The molecule has 1 aliphatic heterocycles. The molecule has 1 aliphatic rings. The van der Waals surface area contributed by atoms with E-state index in [0.29, 0.717) is 36.3 Å². The Morgan fingerprint density at radius 3 is 2.93 bits per heavy atom. The van der Waals surface area contributed by atoms with E-state index < -0.39 is 0 Å². The van der Waals surface area contributed by atoms with Crippen LogP contribution in [-0.2, 0) is 11.3 Å². The number of nitrogens with one attached hydrogen (secondary N) is 1. The van der Waals surface area contributed by atoms with Gasteiger partial charge in [-0.15, -0.1) is 0 Å². The average Bonchev–Trinajstić information content (AvgIpc) is 3.15. The smallest absolute Gasteiger partial charge is 0.179 e. The van der Waals surface area contributed by atoms with Crippen molar-refractivity contribution >= 4 is 11.6 Å². The summed E-state index contributed by atoms with van der Waals surface area (Å²) in [7, 11) is 0. The van der Waals surface area contributed by atoms with Crippen molar-refractivity contribution in [3.8, 4) is 11.5 Å². The lowest BCUT2D eigenvalue weighted by Gasteiger charge is -2.21. The van der Waals surface area contributed by atoms with E-state index in [1.807, 2.05) is 31.3 Å². The van der Waals surface area contributed by atoms with Crippen LogP contribution < -0.4 is 14.8 Å². The molecule has 1 N–H and O–H groups in total. The first-order chi connectivity index (χ1) is 13.2. The van der Waals surface area contributed by atoms with Crippen LogP contribution in [0.4, 0.5) is 0 Å². The van der Waals surface area contributed by atoms with Crippen LogP contribution in [-0.4, -0.2) is 30.8 Å². The third-order valence-electron chi connectivity index (χ3n) is 4.49. The first kappa shape index (κ1) is 19.9. The standard InChI is InChI=1S/C21H27ClN2O3/c1-3-9-26-21-17(22)11-15(12-19(21)25-4-2)13-24-18-7-10-27-20(18)16-6-5-8-23-14-16/h5-6,8,11-12,14,18,20,24H,3-4,7,9-10,13H2,1-2H3/t18-,20+/m0/s1. The topological polar surface area (TPSA) is 52.6 Å². The summed E-state index contributed by atoms with van der Waals surface area (Å²) in [6, 6.07) is 8.18. The second-order valence-electron chi connectivity index (χ2n) is 6.54. The van der Waals surface area contributed by atoms with E-state index >= 15 is 0 Å². The molecule has 2 aromatic rings. The van der Waals surface area contributed by atoms with E-state index in [1.54, 1.807) is 6.20 Å². The monoisotopic (exact) mass is 390 g/mol. The van der Waals surface area contributed by atoms with Gasteiger partial charge < -0.3 is 19.5 Å². The Morgan fingerprint density at radius 1 is 1.30 bits per heavy atom. The van der Waals surface area contributed by atoms with E-state index in [2.05, 4.69) is 23.3 Å². The summed E-state index contributed by atoms with van der Waals surface area (Å²) in [6.07, 6.45) is 5.55. The van der Waals surface area contributed by atoms with Gasteiger partial charge in [0.1, 0.15) is 0 Å². The highest BCUT2D eigenvalue weighted by molar-refractivity contribution is 6.32. The number of aromatic nitrogens is 1. The number of benzene rings is 1. The fourth-order valence-corrected chi connectivity index (χ4v) is 3.54. The zero-order valence-electron chi connectivity index (χ0n) is 15.9. The van der Waals surface area contributed by atoms with Gasteiger partial charge in [-0.2, -0.15) is 0 Å². The summed E-state index contributed by atoms with van der Waals surface area (Å²) in [5.74, 6) is 1.32. The van der Waals surface area contributed by atoms with Crippen molar-refractivity contribution in [1.82, 2.24) is 10.3 Å². The number of hydrogen-bond donors (Lipinski definition) is 1. The van der Waals surface area contributed by atoms with Crippen LogP contribution in [0.2, 0.25) is 5.02 Å². The molecule has 3 rings (SSSR count). The third-order valence-corrected chi connectivity index (χ3v) is 4.77. The summed E-state index contributed by atoms with van der Waals surface area (Å²) in [6.45, 7) is 6.62. The van der Waals surface area contributed by atoms with Gasteiger partial charge in [-0.1, -0.05) is 24.6 Å². The maximum atomic E-state index is 6.46. The van der Waals surface area contributed by atoms with Gasteiger partial charge in [0.05, 0.1) is 24.3 Å². The van der Waals surface area contributed by atoms with Crippen molar-refractivity contribution in [2.75, 3.05) is 19.8 Å². The molecule has 0 amide bonds. The molecule has 5 nitrogen and oxygen atoms in total. The Bertz CT molecular complexity index is 727. The average molecular weight is 391 g/mol. The van der Waals surface area contributed by atoms with E-state index in [1.165, 1.54) is 0 Å². The van der Waals surface area contributed by atoms with Crippen LogP contribution in [0.3, 0.4) is 0 Å². The minimum Gasteiger partial charge on any atom is -0.490 e. The summed E-state index contributed by atoms with van der Waals surface area (Å²) >= 11 is 6.46. The lowest BCUT2D eigenvalue weighted by molar-refractivity contribution is 0.0982. The van der Waals surface area contributed by atoms with Crippen LogP contribution in [0.5, 0.6) is 11.5 Å². The summed E-state index contributed by atoms with van der Waals surface area (Å²) in [5.41, 5.74) is 2.16. The molecule has 1 aromatic heterocycles. The van der Waals surface area contributed by atoms with Crippen molar-refractivity contribution in [1.29, 1.82) is 0 Å². The van der Waals surface area contributed by atoms with Gasteiger partial charge in [0.2, 0.25) is 0 Å². The molecular formula is C21H27ClN2O3. The van der Waals surface area contributed by atoms with Gasteiger partial charge in [-0.05, 0) is 43.5 Å². The lowest BCUT2D eigenvalue weighted by Crippen LogP contribution is -2.31. The lowest BCUT2D eigenvalue weighted by atomic mass is 10.0. The number of halogens is 1. The highest BCUT2D eigenvalue weighted by Crippen LogP contribution is 2.37. The normalized spacial score (nSPS) is 19.2. The van der Waals surface area contributed by atoms with Gasteiger partial charge in [0.25, 0.3) is 0 Å². The Labute approximate surface area is 166 Å². The molecule has 1 aromatic carbocycles. The minimum atomic E-state index is 0.0210. The van der Waals surface area contributed by atoms with Gasteiger partial charge >= 0.3 is 0 Å². The molecular weight excluding hydrogens is 364 g/mol. The maximum Gasteiger partial charge on any atom is 0.179 e. The predicted molar refractivity (Wildman–Crippen MR) is 107 cm³/mol. The minimum absolute atomic E-state index is 0.0210. The molecule has 2 atom stereocenters. The van der Waals surface area contributed by atoms with E-state index in [-0.39, 0.29) is 12.1 Å². The van der Waals surface area contributed by atoms with Gasteiger partial charge in [0.15, 0.2) is 11.5 Å². The molecule has 0 saturated carbocycles. The summed E-state index contributed by atoms with van der Waals surface area (Å²) in [5, 5.41) is 4.18. The van der Waals surface area contributed by atoms with Crippen molar-refractivity contribution in [2.45, 2.75) is 45.4 Å². The van der Waals surface area contributed by atoms with Crippen LogP contribution >= 0.6 is 11.6 Å². The number of ether oxygens (including phenoxy) is 3. The summed E-state index contributed by atoms with van der Waals surface area (Å²) < 4.78 is 17.4. The number of hydrogen-bond acceptors (Lipinski definition) is 5. The zero-order valence-corrected chi connectivity index (χ0v) is 16.7. The maximum absolute atomic E-state index is 6.46.